The number of aromatic nitrogens is 3. The predicted octanol–water partition coefficient (Wildman–Crippen LogP) is 2.49. The van der Waals surface area contributed by atoms with Crippen LogP contribution in [0.3, 0.4) is 0 Å². The van der Waals surface area contributed by atoms with Crippen molar-refractivity contribution < 1.29 is 23.1 Å². The fourth-order valence-electron chi connectivity index (χ4n) is 1.26. The van der Waals surface area contributed by atoms with E-state index in [0.29, 0.717) is 12.1 Å². The van der Waals surface area contributed by atoms with Gasteiger partial charge in [-0.25, -0.2) is 9.31 Å². The van der Waals surface area contributed by atoms with E-state index in [2.05, 4.69) is 10.1 Å². The zero-order valence-corrected chi connectivity index (χ0v) is 9.12. The molecular formula is C8H4ClF3N4O2. The smallest absolute Gasteiger partial charge is 0.416 e. The van der Waals surface area contributed by atoms with E-state index in [1.165, 1.54) is 0 Å². The van der Waals surface area contributed by atoms with Crippen molar-refractivity contribution in [1.82, 2.24) is 14.6 Å². The van der Waals surface area contributed by atoms with E-state index in [0.717, 1.165) is 4.52 Å². The second-order valence-corrected chi connectivity index (χ2v) is 3.59. The molecule has 0 atom stereocenters. The highest BCUT2D eigenvalue weighted by molar-refractivity contribution is 6.29. The predicted molar refractivity (Wildman–Crippen MR) is 54.6 cm³/mol. The molecule has 0 saturated carbocycles. The third kappa shape index (κ3) is 2.30. The Balaban J connectivity index is 2.56. The Morgan fingerprint density at radius 3 is 2.67 bits per heavy atom. The van der Waals surface area contributed by atoms with Crippen LogP contribution in [0.15, 0.2) is 12.1 Å². The van der Waals surface area contributed by atoms with Crippen LogP contribution in [0.2, 0.25) is 5.15 Å². The number of nitrogens with one attached hydrogen (secondary N) is 1. The Labute approximate surface area is 102 Å². The molecule has 2 heterocycles. The van der Waals surface area contributed by atoms with Crippen LogP contribution in [0.25, 0.3) is 5.65 Å². The van der Waals surface area contributed by atoms with Gasteiger partial charge in [-0.3, -0.25) is 5.32 Å². The van der Waals surface area contributed by atoms with E-state index in [1.54, 1.807) is 0 Å². The molecule has 0 radical (unpaired) electrons. The molecular weight excluding hydrogens is 277 g/mol. The van der Waals surface area contributed by atoms with E-state index >= 15 is 0 Å². The maximum absolute atomic E-state index is 12.5. The zero-order valence-electron chi connectivity index (χ0n) is 8.36. The summed E-state index contributed by atoms with van der Waals surface area (Å²) >= 11 is 5.60. The summed E-state index contributed by atoms with van der Waals surface area (Å²) < 4.78 is 38.4. The summed E-state index contributed by atoms with van der Waals surface area (Å²) in [5.41, 5.74) is -1.20. The largest absolute Gasteiger partial charge is 0.465 e. The molecule has 2 aromatic heterocycles. The number of halogens is 4. The van der Waals surface area contributed by atoms with Crippen molar-refractivity contribution in [1.29, 1.82) is 0 Å². The highest BCUT2D eigenvalue weighted by atomic mass is 35.5. The number of carbonyl (C=O) groups is 1. The van der Waals surface area contributed by atoms with Crippen LogP contribution in [0.4, 0.5) is 23.9 Å². The molecule has 0 aliphatic rings. The van der Waals surface area contributed by atoms with Crippen LogP contribution in [0, 0.1) is 0 Å². The second kappa shape index (κ2) is 4.02. The van der Waals surface area contributed by atoms with Gasteiger partial charge in [0, 0.05) is 0 Å². The summed E-state index contributed by atoms with van der Waals surface area (Å²) in [7, 11) is 0. The van der Waals surface area contributed by atoms with Crippen molar-refractivity contribution >= 4 is 29.3 Å². The van der Waals surface area contributed by atoms with E-state index in [9.17, 15) is 18.0 Å². The quantitative estimate of drug-likeness (QED) is 0.787. The maximum atomic E-state index is 12.5. The van der Waals surface area contributed by atoms with Crippen LogP contribution < -0.4 is 5.32 Å². The molecule has 0 aromatic carbocycles. The summed E-state index contributed by atoms with van der Waals surface area (Å²) in [6, 6.07) is 1.39. The van der Waals surface area contributed by atoms with Crippen molar-refractivity contribution in [3.05, 3.63) is 22.8 Å². The van der Waals surface area contributed by atoms with Gasteiger partial charge in [-0.15, -0.1) is 5.10 Å². The van der Waals surface area contributed by atoms with Crippen molar-refractivity contribution in [3.63, 3.8) is 0 Å². The lowest BCUT2D eigenvalue weighted by Gasteiger charge is -2.06. The molecule has 2 aromatic rings. The molecule has 0 fully saturated rings. The normalized spacial score (nSPS) is 11.8. The van der Waals surface area contributed by atoms with E-state index in [1.807, 2.05) is 5.32 Å². The second-order valence-electron chi connectivity index (χ2n) is 3.20. The summed E-state index contributed by atoms with van der Waals surface area (Å²) in [4.78, 5) is 13.9. The van der Waals surface area contributed by atoms with Crippen LogP contribution in [0.5, 0.6) is 0 Å². The van der Waals surface area contributed by atoms with Gasteiger partial charge < -0.3 is 5.11 Å². The van der Waals surface area contributed by atoms with Crippen LogP contribution >= 0.6 is 11.6 Å². The number of hydrogen-bond acceptors (Lipinski definition) is 3. The van der Waals surface area contributed by atoms with E-state index in [4.69, 9.17) is 16.7 Å². The Kier molecular flexibility index (Phi) is 2.77. The highest BCUT2D eigenvalue weighted by Gasteiger charge is 2.32. The number of alkyl halides is 3. The minimum atomic E-state index is -4.57. The number of rotatable bonds is 1. The minimum absolute atomic E-state index is 0.210. The van der Waals surface area contributed by atoms with E-state index < -0.39 is 17.8 Å². The Hall–Kier alpha value is -2.03. The molecule has 0 saturated heterocycles. The zero-order chi connectivity index (χ0) is 13.5. The average Bonchev–Trinajstić information content (AvgIpc) is 2.58. The number of pyridine rings is 1. The van der Waals surface area contributed by atoms with Gasteiger partial charge in [0.25, 0.3) is 5.95 Å². The van der Waals surface area contributed by atoms with Gasteiger partial charge in [0.2, 0.25) is 0 Å². The highest BCUT2D eigenvalue weighted by Crippen LogP contribution is 2.31. The van der Waals surface area contributed by atoms with Crippen LogP contribution in [0.1, 0.15) is 5.56 Å². The number of carboxylic acid groups (broad SMARTS) is 1. The molecule has 96 valence electrons. The minimum Gasteiger partial charge on any atom is -0.465 e. The Morgan fingerprint density at radius 1 is 1.44 bits per heavy atom. The first kappa shape index (κ1) is 12.4. The van der Waals surface area contributed by atoms with Gasteiger partial charge >= 0.3 is 12.3 Å². The molecule has 2 N–H and O–H groups in total. The lowest BCUT2D eigenvalue weighted by molar-refractivity contribution is -0.137. The molecule has 0 unspecified atom stereocenters. The number of fused-ring (bicyclic) bond motifs is 1. The first-order chi connectivity index (χ1) is 8.27. The molecule has 6 nitrogen and oxygen atoms in total. The monoisotopic (exact) mass is 280 g/mol. The number of hydrogen-bond donors (Lipinski definition) is 2. The average molecular weight is 281 g/mol. The summed E-state index contributed by atoms with van der Waals surface area (Å²) in [6.45, 7) is 0. The van der Waals surface area contributed by atoms with Crippen LogP contribution in [-0.4, -0.2) is 25.8 Å². The SMILES string of the molecule is O=C(O)Nc1nc2cc(C(F)(F)F)cc(Cl)n2n1. The summed E-state index contributed by atoms with van der Waals surface area (Å²) in [5.74, 6) is -0.358. The molecule has 1 amide bonds. The molecule has 2 rings (SSSR count). The lowest BCUT2D eigenvalue weighted by Crippen LogP contribution is -2.08. The fraction of sp³-hybridized carbons (Fsp3) is 0.125. The van der Waals surface area contributed by atoms with Gasteiger partial charge in [-0.2, -0.15) is 18.2 Å². The van der Waals surface area contributed by atoms with Gasteiger partial charge in [0.15, 0.2) is 5.65 Å². The van der Waals surface area contributed by atoms with Crippen molar-refractivity contribution in [2.45, 2.75) is 6.18 Å². The third-order valence-electron chi connectivity index (χ3n) is 1.94. The first-order valence-corrected chi connectivity index (χ1v) is 4.78. The van der Waals surface area contributed by atoms with E-state index in [-0.39, 0.29) is 16.7 Å². The first-order valence-electron chi connectivity index (χ1n) is 4.41. The molecule has 0 spiro atoms. The summed E-state index contributed by atoms with van der Waals surface area (Å²) in [5, 5.41) is 13.5. The lowest BCUT2D eigenvalue weighted by atomic mass is 10.2. The van der Waals surface area contributed by atoms with Gasteiger partial charge in [0.1, 0.15) is 5.15 Å². The Morgan fingerprint density at radius 2 is 2.11 bits per heavy atom. The topological polar surface area (TPSA) is 79.5 Å². The number of amides is 1. The standard InChI is InChI=1S/C8H4ClF3N4O2/c9-4-1-3(8(10,11)12)2-5-13-6(14-7(17)18)15-16(4)5/h1-2H,(H,14,15)(H,17,18). The van der Waals surface area contributed by atoms with Gasteiger partial charge in [-0.05, 0) is 12.1 Å². The summed E-state index contributed by atoms with van der Waals surface area (Å²) in [6.07, 6.45) is -6.00. The number of nitrogens with zero attached hydrogens (tertiary/aromatic N) is 3. The van der Waals surface area contributed by atoms with Crippen molar-refractivity contribution in [2.24, 2.45) is 0 Å². The van der Waals surface area contributed by atoms with Gasteiger partial charge in [-0.1, -0.05) is 11.6 Å². The third-order valence-corrected chi connectivity index (χ3v) is 2.21. The molecule has 10 heteroatoms. The number of anilines is 1. The Bertz CT molecular complexity index is 625. The molecule has 0 aliphatic carbocycles. The van der Waals surface area contributed by atoms with Crippen molar-refractivity contribution in [3.8, 4) is 0 Å². The maximum Gasteiger partial charge on any atom is 0.416 e. The van der Waals surface area contributed by atoms with Crippen molar-refractivity contribution in [2.75, 3.05) is 5.32 Å². The van der Waals surface area contributed by atoms with Crippen LogP contribution in [-0.2, 0) is 6.18 Å². The molecule has 0 bridgehead atoms. The molecule has 0 aliphatic heterocycles. The molecule has 18 heavy (non-hydrogen) atoms. The van der Waals surface area contributed by atoms with Gasteiger partial charge in [0.05, 0.1) is 5.56 Å². The fourth-order valence-corrected chi connectivity index (χ4v) is 1.50.